The quantitative estimate of drug-likeness (QED) is 0.238. The number of nitrogen functional groups attached to an aromatic ring is 1. The number of aromatic hydroxyl groups is 1. The molecule has 0 aliphatic carbocycles. The average molecular weight is 483 g/mol. The van der Waals surface area contributed by atoms with Crippen molar-refractivity contribution in [1.29, 1.82) is 0 Å². The molecule has 0 saturated heterocycles. The molecule has 0 aliphatic heterocycles. The van der Waals surface area contributed by atoms with Crippen LogP contribution >= 0.6 is 0 Å². The standard InChI is InChI=1S/C22H26N8O5/c1-11(2)26-16(31)8-7-15(21(34)35)28-19(32)12-3-5-13(6-4-12)24-9-14-10-25-18-17(27-14)20(33)30-22(23)29-18/h3-6,10-11,15,24H,7-9H2,1-2H3,(H,26,31)(H,28,32)(H,34,35)(H3,23,25,29,30,33)/t15-/m1/s1. The van der Waals surface area contributed by atoms with Gasteiger partial charge in [0.1, 0.15) is 6.04 Å². The van der Waals surface area contributed by atoms with Crippen LogP contribution in [-0.4, -0.2) is 60.0 Å². The third-order valence-electron chi connectivity index (χ3n) is 4.79. The van der Waals surface area contributed by atoms with Crippen molar-refractivity contribution in [1.82, 2.24) is 30.6 Å². The van der Waals surface area contributed by atoms with Crippen LogP contribution in [-0.2, 0) is 16.1 Å². The lowest BCUT2D eigenvalue weighted by molar-refractivity contribution is -0.139. The van der Waals surface area contributed by atoms with Gasteiger partial charge >= 0.3 is 5.97 Å². The third-order valence-corrected chi connectivity index (χ3v) is 4.79. The second-order valence-electron chi connectivity index (χ2n) is 8.00. The van der Waals surface area contributed by atoms with E-state index in [-0.39, 0.29) is 59.9 Å². The molecular weight excluding hydrogens is 456 g/mol. The predicted molar refractivity (Wildman–Crippen MR) is 126 cm³/mol. The highest BCUT2D eigenvalue weighted by Gasteiger charge is 2.22. The van der Waals surface area contributed by atoms with Crippen LogP contribution in [0.3, 0.4) is 0 Å². The van der Waals surface area contributed by atoms with E-state index in [2.05, 4.69) is 35.9 Å². The van der Waals surface area contributed by atoms with Gasteiger partial charge in [0.05, 0.1) is 18.4 Å². The normalized spacial score (nSPS) is 11.7. The summed E-state index contributed by atoms with van der Waals surface area (Å²) in [4.78, 5) is 51.7. The van der Waals surface area contributed by atoms with Crippen LogP contribution < -0.4 is 21.7 Å². The summed E-state index contributed by atoms with van der Waals surface area (Å²) in [5.41, 5.74) is 7.22. The number of carboxylic acid groups (broad SMARTS) is 1. The highest BCUT2D eigenvalue weighted by atomic mass is 16.4. The van der Waals surface area contributed by atoms with Crippen molar-refractivity contribution in [2.45, 2.75) is 45.3 Å². The molecular formula is C22H26N8O5. The molecule has 0 bridgehead atoms. The molecule has 7 N–H and O–H groups in total. The van der Waals surface area contributed by atoms with E-state index in [1.807, 2.05) is 0 Å². The fraction of sp³-hybridized carbons (Fsp3) is 0.318. The first-order valence-corrected chi connectivity index (χ1v) is 10.8. The van der Waals surface area contributed by atoms with Gasteiger partial charge in [0, 0.05) is 23.7 Å². The SMILES string of the molecule is CC(C)NC(=O)CC[C@@H](NC(=O)c1ccc(NCc2cnc3nc(N)nc(O)c3n2)cc1)C(=O)O. The van der Waals surface area contributed by atoms with E-state index < -0.39 is 17.9 Å². The zero-order chi connectivity index (χ0) is 25.5. The van der Waals surface area contributed by atoms with Crippen LogP contribution in [0.4, 0.5) is 11.6 Å². The molecule has 0 saturated carbocycles. The average Bonchev–Trinajstić information content (AvgIpc) is 2.80. The van der Waals surface area contributed by atoms with E-state index in [0.717, 1.165) is 0 Å². The third kappa shape index (κ3) is 6.96. The Morgan fingerprint density at radius 2 is 1.77 bits per heavy atom. The summed E-state index contributed by atoms with van der Waals surface area (Å²) in [6.07, 6.45) is 1.43. The van der Waals surface area contributed by atoms with Crippen LogP contribution in [0.25, 0.3) is 11.2 Å². The molecule has 3 rings (SSSR count). The number of carboxylic acids is 1. The van der Waals surface area contributed by atoms with Crippen LogP contribution in [0, 0.1) is 0 Å². The first kappa shape index (κ1) is 25.1. The molecule has 13 nitrogen and oxygen atoms in total. The van der Waals surface area contributed by atoms with Crippen molar-refractivity contribution in [3.63, 3.8) is 0 Å². The molecule has 35 heavy (non-hydrogen) atoms. The summed E-state index contributed by atoms with van der Waals surface area (Å²) < 4.78 is 0. The molecule has 1 aromatic carbocycles. The molecule has 3 aromatic rings. The summed E-state index contributed by atoms with van der Waals surface area (Å²) >= 11 is 0. The lowest BCUT2D eigenvalue weighted by Crippen LogP contribution is -2.42. The maximum Gasteiger partial charge on any atom is 0.326 e. The number of benzene rings is 1. The summed E-state index contributed by atoms with van der Waals surface area (Å²) in [5, 5.41) is 27.5. The number of carbonyl (C=O) groups is 3. The van der Waals surface area contributed by atoms with E-state index in [9.17, 15) is 24.6 Å². The van der Waals surface area contributed by atoms with Gasteiger partial charge in [0.15, 0.2) is 11.2 Å². The minimum atomic E-state index is -1.22. The number of carbonyl (C=O) groups excluding carboxylic acids is 2. The first-order valence-electron chi connectivity index (χ1n) is 10.8. The van der Waals surface area contributed by atoms with Crippen molar-refractivity contribution in [3.8, 4) is 5.88 Å². The van der Waals surface area contributed by atoms with Gasteiger partial charge in [0.2, 0.25) is 17.7 Å². The van der Waals surface area contributed by atoms with Gasteiger partial charge in [-0.3, -0.25) is 9.59 Å². The number of nitrogens with two attached hydrogens (primary N) is 1. The number of aromatic nitrogens is 4. The maximum absolute atomic E-state index is 12.5. The number of nitrogens with one attached hydrogen (secondary N) is 3. The lowest BCUT2D eigenvalue weighted by Gasteiger charge is -2.15. The van der Waals surface area contributed by atoms with E-state index in [4.69, 9.17) is 5.73 Å². The Kier molecular flexibility index (Phi) is 7.92. The number of amides is 2. The van der Waals surface area contributed by atoms with Crippen LogP contribution in [0.2, 0.25) is 0 Å². The molecule has 0 aliphatic rings. The van der Waals surface area contributed by atoms with Crippen molar-refractivity contribution >= 4 is 40.6 Å². The molecule has 2 aromatic heterocycles. The van der Waals surface area contributed by atoms with Gasteiger partial charge in [-0.2, -0.15) is 9.97 Å². The number of hydrogen-bond donors (Lipinski definition) is 6. The fourth-order valence-corrected chi connectivity index (χ4v) is 3.13. The molecule has 2 amide bonds. The number of nitrogens with zero attached hydrogens (tertiary/aromatic N) is 4. The minimum Gasteiger partial charge on any atom is -0.492 e. The Bertz CT molecular complexity index is 1230. The fourth-order valence-electron chi connectivity index (χ4n) is 3.13. The zero-order valence-electron chi connectivity index (χ0n) is 19.1. The second-order valence-corrected chi connectivity index (χ2v) is 8.00. The van der Waals surface area contributed by atoms with Crippen LogP contribution in [0.1, 0.15) is 42.7 Å². The highest BCUT2D eigenvalue weighted by molar-refractivity contribution is 5.97. The number of anilines is 2. The van der Waals surface area contributed by atoms with Gasteiger partial charge in [-0.15, -0.1) is 0 Å². The van der Waals surface area contributed by atoms with Crippen LogP contribution in [0.15, 0.2) is 30.5 Å². The zero-order valence-corrected chi connectivity index (χ0v) is 19.1. The largest absolute Gasteiger partial charge is 0.492 e. The Morgan fingerprint density at radius 1 is 1.06 bits per heavy atom. The smallest absolute Gasteiger partial charge is 0.326 e. The summed E-state index contributed by atoms with van der Waals surface area (Å²) in [6, 6.07) is 5.13. The second kappa shape index (κ2) is 11.0. The van der Waals surface area contributed by atoms with Gasteiger partial charge in [-0.1, -0.05) is 0 Å². The van der Waals surface area contributed by atoms with Crippen LogP contribution in [0.5, 0.6) is 5.88 Å². The number of fused-ring (bicyclic) bond motifs is 1. The van der Waals surface area contributed by atoms with Crippen molar-refractivity contribution in [3.05, 3.63) is 41.7 Å². The number of aliphatic carboxylic acids is 1. The molecule has 0 fully saturated rings. The number of rotatable bonds is 10. The summed E-state index contributed by atoms with van der Waals surface area (Å²) in [5.74, 6) is -2.53. The van der Waals surface area contributed by atoms with Gasteiger partial charge in [-0.25, -0.2) is 14.8 Å². The summed E-state index contributed by atoms with van der Waals surface area (Å²) in [7, 11) is 0. The van der Waals surface area contributed by atoms with Crippen molar-refractivity contribution in [2.24, 2.45) is 0 Å². The maximum atomic E-state index is 12.5. The lowest BCUT2D eigenvalue weighted by atomic mass is 10.1. The molecule has 184 valence electrons. The van der Waals surface area contributed by atoms with Crippen molar-refractivity contribution < 1.29 is 24.6 Å². The number of hydrogen-bond acceptors (Lipinski definition) is 10. The predicted octanol–water partition coefficient (Wildman–Crippen LogP) is 0.808. The minimum absolute atomic E-state index is 0.0206. The van der Waals surface area contributed by atoms with Crippen molar-refractivity contribution in [2.75, 3.05) is 11.1 Å². The molecule has 13 heteroatoms. The Labute approximate surface area is 200 Å². The molecule has 0 radical (unpaired) electrons. The van der Waals surface area contributed by atoms with E-state index >= 15 is 0 Å². The summed E-state index contributed by atoms with van der Waals surface area (Å²) in [6.45, 7) is 3.87. The Hall–Kier alpha value is -4.55. The van der Waals surface area contributed by atoms with E-state index in [0.29, 0.717) is 11.4 Å². The van der Waals surface area contributed by atoms with Gasteiger partial charge in [0.25, 0.3) is 5.91 Å². The van der Waals surface area contributed by atoms with E-state index in [1.165, 1.54) is 18.3 Å². The monoisotopic (exact) mass is 482 g/mol. The molecule has 0 spiro atoms. The van der Waals surface area contributed by atoms with Gasteiger partial charge in [-0.05, 0) is 44.5 Å². The topological polar surface area (TPSA) is 205 Å². The Morgan fingerprint density at radius 3 is 2.43 bits per heavy atom. The Balaban J connectivity index is 1.57. The molecule has 1 atom stereocenters. The van der Waals surface area contributed by atoms with Gasteiger partial charge < -0.3 is 31.9 Å². The molecule has 2 heterocycles. The highest BCUT2D eigenvalue weighted by Crippen LogP contribution is 2.19. The van der Waals surface area contributed by atoms with E-state index in [1.54, 1.807) is 26.0 Å². The first-order chi connectivity index (χ1) is 16.6. The molecule has 0 unspecified atom stereocenters.